The van der Waals surface area contributed by atoms with Crippen LogP contribution in [-0.4, -0.2) is 52.6 Å². The van der Waals surface area contributed by atoms with E-state index in [0.29, 0.717) is 11.3 Å². The van der Waals surface area contributed by atoms with Crippen LogP contribution in [0.25, 0.3) is 0 Å². The van der Waals surface area contributed by atoms with Gasteiger partial charge in [0.15, 0.2) is 5.17 Å². The SMILES string of the molecule is CC(NC(=O)CN=C1S[C@H](c2ccccc2)[C@H](NC(=O)c2ccccc2)C(=O)N1c1ccccc1)C(=O)O. The molecule has 3 amide bonds. The minimum absolute atomic E-state index is 0.262. The van der Waals surface area contributed by atoms with Crippen LogP contribution < -0.4 is 15.5 Å². The molecule has 3 aromatic rings. The Morgan fingerprint density at radius 1 is 0.947 bits per heavy atom. The number of hydrogen-bond donors (Lipinski definition) is 3. The Hall–Kier alpha value is -4.44. The third kappa shape index (κ3) is 6.27. The molecule has 3 aromatic carbocycles. The highest BCUT2D eigenvalue weighted by Gasteiger charge is 2.43. The molecule has 1 unspecified atom stereocenters. The Labute approximate surface area is 224 Å². The van der Waals surface area contributed by atoms with Gasteiger partial charge in [0.1, 0.15) is 18.6 Å². The predicted molar refractivity (Wildman–Crippen MR) is 146 cm³/mol. The van der Waals surface area contributed by atoms with Gasteiger partial charge < -0.3 is 15.7 Å². The molecule has 1 heterocycles. The van der Waals surface area contributed by atoms with Gasteiger partial charge in [-0.1, -0.05) is 78.5 Å². The number of amidine groups is 1. The van der Waals surface area contributed by atoms with E-state index >= 15 is 0 Å². The average Bonchev–Trinajstić information content (AvgIpc) is 2.94. The minimum Gasteiger partial charge on any atom is -0.480 e. The summed E-state index contributed by atoms with van der Waals surface area (Å²) >= 11 is 1.25. The molecule has 1 aliphatic heterocycles. The van der Waals surface area contributed by atoms with Gasteiger partial charge in [-0.2, -0.15) is 0 Å². The average molecular weight is 531 g/mol. The number of hydrogen-bond acceptors (Lipinski definition) is 6. The Bertz CT molecular complexity index is 1340. The van der Waals surface area contributed by atoms with E-state index in [1.54, 1.807) is 54.6 Å². The first-order valence-electron chi connectivity index (χ1n) is 11.9. The van der Waals surface area contributed by atoms with Crippen LogP contribution in [0.1, 0.15) is 28.1 Å². The lowest BCUT2D eigenvalue weighted by atomic mass is 10.0. The molecule has 3 atom stereocenters. The number of carboxylic acids is 1. The summed E-state index contributed by atoms with van der Waals surface area (Å²) in [4.78, 5) is 56.4. The van der Waals surface area contributed by atoms with Crippen LogP contribution in [0, 0.1) is 0 Å². The van der Waals surface area contributed by atoms with Crippen molar-refractivity contribution in [3.05, 3.63) is 102 Å². The van der Waals surface area contributed by atoms with Gasteiger partial charge in [-0.3, -0.25) is 29.1 Å². The Morgan fingerprint density at radius 3 is 2.13 bits per heavy atom. The van der Waals surface area contributed by atoms with Crippen molar-refractivity contribution in [2.75, 3.05) is 11.4 Å². The molecule has 38 heavy (non-hydrogen) atoms. The van der Waals surface area contributed by atoms with E-state index in [1.165, 1.54) is 23.6 Å². The Morgan fingerprint density at radius 2 is 1.53 bits per heavy atom. The summed E-state index contributed by atoms with van der Waals surface area (Å²) in [5.74, 6) is -2.56. The third-order valence-corrected chi connectivity index (χ3v) is 7.10. The van der Waals surface area contributed by atoms with E-state index in [2.05, 4.69) is 15.6 Å². The Balaban J connectivity index is 1.71. The molecule has 0 saturated carbocycles. The largest absolute Gasteiger partial charge is 0.480 e. The standard InChI is InChI=1S/C28H26N4O5S/c1-18(27(36)37)30-22(33)17-29-28-32(21-15-9-4-10-16-21)26(35)23(24(38-28)19-11-5-2-6-12-19)31-25(34)20-13-7-3-8-14-20/h2-16,18,23-24H,17H2,1H3,(H,30,33)(H,31,34)(H,36,37)/t18?,23-,24+/m0/s1. The van der Waals surface area contributed by atoms with Gasteiger partial charge in [-0.25, -0.2) is 0 Å². The number of benzene rings is 3. The van der Waals surface area contributed by atoms with Crippen molar-refractivity contribution in [2.24, 2.45) is 4.99 Å². The fourth-order valence-electron chi connectivity index (χ4n) is 3.86. The summed E-state index contributed by atoms with van der Waals surface area (Å²) in [5, 5.41) is 14.1. The van der Waals surface area contributed by atoms with Crippen molar-refractivity contribution < 1.29 is 24.3 Å². The van der Waals surface area contributed by atoms with E-state index in [9.17, 15) is 19.2 Å². The molecular weight excluding hydrogens is 504 g/mol. The lowest BCUT2D eigenvalue weighted by Crippen LogP contribution is -2.56. The maximum atomic E-state index is 14.0. The number of para-hydroxylation sites is 1. The summed E-state index contributed by atoms with van der Waals surface area (Å²) in [7, 11) is 0. The molecule has 1 fully saturated rings. The normalized spacial score (nSPS) is 19.0. The van der Waals surface area contributed by atoms with E-state index in [0.717, 1.165) is 5.56 Å². The van der Waals surface area contributed by atoms with E-state index in [4.69, 9.17) is 5.11 Å². The van der Waals surface area contributed by atoms with E-state index < -0.39 is 35.1 Å². The number of amides is 3. The zero-order chi connectivity index (χ0) is 27.1. The second kappa shape index (κ2) is 12.2. The maximum Gasteiger partial charge on any atom is 0.325 e. The molecule has 3 N–H and O–H groups in total. The molecule has 10 heteroatoms. The number of thioether (sulfide) groups is 1. The molecule has 0 aliphatic carbocycles. The van der Waals surface area contributed by atoms with Crippen LogP contribution in [0.15, 0.2) is 96.0 Å². The number of carbonyl (C=O) groups excluding carboxylic acids is 3. The lowest BCUT2D eigenvalue weighted by Gasteiger charge is -2.38. The zero-order valence-electron chi connectivity index (χ0n) is 20.5. The molecule has 1 aliphatic rings. The van der Waals surface area contributed by atoms with Crippen molar-refractivity contribution in [2.45, 2.75) is 24.3 Å². The number of aliphatic carboxylic acids is 1. The fraction of sp³-hybridized carbons (Fsp3) is 0.179. The molecule has 0 radical (unpaired) electrons. The smallest absolute Gasteiger partial charge is 0.325 e. The number of nitrogens with zero attached hydrogens (tertiary/aromatic N) is 2. The van der Waals surface area contributed by atoms with Crippen molar-refractivity contribution in [1.29, 1.82) is 0 Å². The van der Waals surface area contributed by atoms with Crippen LogP contribution in [0.2, 0.25) is 0 Å². The second-order valence-electron chi connectivity index (χ2n) is 8.50. The topological polar surface area (TPSA) is 128 Å². The number of anilines is 1. The predicted octanol–water partition coefficient (Wildman–Crippen LogP) is 3.25. The van der Waals surface area contributed by atoms with Gasteiger partial charge in [-0.05, 0) is 36.8 Å². The number of carbonyl (C=O) groups is 4. The first kappa shape index (κ1) is 26.6. The van der Waals surface area contributed by atoms with Crippen molar-refractivity contribution in [3.8, 4) is 0 Å². The highest BCUT2D eigenvalue weighted by Crippen LogP contribution is 2.41. The molecular formula is C28H26N4O5S. The van der Waals surface area contributed by atoms with Gasteiger partial charge in [0, 0.05) is 5.56 Å². The summed E-state index contributed by atoms with van der Waals surface area (Å²) in [6.45, 7) is 0.979. The van der Waals surface area contributed by atoms with Crippen molar-refractivity contribution in [3.63, 3.8) is 0 Å². The molecule has 0 spiro atoms. The van der Waals surface area contributed by atoms with Gasteiger partial charge in [-0.15, -0.1) is 0 Å². The molecule has 1 saturated heterocycles. The lowest BCUT2D eigenvalue weighted by molar-refractivity contribution is -0.141. The van der Waals surface area contributed by atoms with Crippen LogP contribution >= 0.6 is 11.8 Å². The fourth-order valence-corrected chi connectivity index (χ4v) is 5.14. The monoisotopic (exact) mass is 530 g/mol. The van der Waals surface area contributed by atoms with Crippen molar-refractivity contribution in [1.82, 2.24) is 10.6 Å². The van der Waals surface area contributed by atoms with Crippen molar-refractivity contribution >= 4 is 46.3 Å². The van der Waals surface area contributed by atoms with Crippen LogP contribution in [0.5, 0.6) is 0 Å². The van der Waals surface area contributed by atoms with Gasteiger partial charge in [0.05, 0.1) is 10.9 Å². The number of nitrogens with one attached hydrogen (secondary N) is 2. The minimum atomic E-state index is -1.17. The van der Waals surface area contributed by atoms with Gasteiger partial charge in [0.2, 0.25) is 5.91 Å². The summed E-state index contributed by atoms with van der Waals surface area (Å²) in [6.07, 6.45) is 0. The quantitative estimate of drug-likeness (QED) is 0.410. The molecule has 0 bridgehead atoms. The first-order chi connectivity index (χ1) is 18.3. The zero-order valence-corrected chi connectivity index (χ0v) is 21.3. The third-order valence-electron chi connectivity index (χ3n) is 5.78. The number of carboxylic acid groups (broad SMARTS) is 1. The Kier molecular flexibility index (Phi) is 8.55. The molecule has 9 nitrogen and oxygen atoms in total. The summed E-state index contributed by atoms with van der Waals surface area (Å²) < 4.78 is 0. The van der Waals surface area contributed by atoms with E-state index in [1.807, 2.05) is 36.4 Å². The highest BCUT2D eigenvalue weighted by molar-refractivity contribution is 8.14. The highest BCUT2D eigenvalue weighted by atomic mass is 32.2. The molecule has 0 aromatic heterocycles. The van der Waals surface area contributed by atoms with Gasteiger partial charge in [0.25, 0.3) is 11.8 Å². The van der Waals surface area contributed by atoms with Crippen LogP contribution in [-0.2, 0) is 14.4 Å². The number of rotatable bonds is 8. The van der Waals surface area contributed by atoms with Crippen LogP contribution in [0.4, 0.5) is 5.69 Å². The number of aliphatic imine (C=N–C) groups is 1. The first-order valence-corrected chi connectivity index (χ1v) is 12.8. The maximum absolute atomic E-state index is 14.0. The van der Waals surface area contributed by atoms with Crippen LogP contribution in [0.3, 0.4) is 0 Å². The summed E-state index contributed by atoms with van der Waals surface area (Å²) in [5.41, 5.74) is 1.74. The second-order valence-corrected chi connectivity index (χ2v) is 9.61. The van der Waals surface area contributed by atoms with E-state index in [-0.39, 0.29) is 17.6 Å². The molecule has 4 rings (SSSR count). The molecule has 194 valence electrons. The summed E-state index contributed by atoms with van der Waals surface area (Å²) in [6, 6.07) is 24.7. The van der Waals surface area contributed by atoms with Gasteiger partial charge >= 0.3 is 5.97 Å².